The molecular formula is C11H11F2N3O5S. The standard InChI is InChI=1S/C11H11F2N3O5S/c12-7-2-9(10(16(18)19)3-8(7)13)15-4-6(1-11(15)17)5-22(14,20)21/h2-3,6H,1,4-5H2,(H2,14,20,21). The number of carbonyl (C=O) groups excluding carboxylic acids is 1. The zero-order valence-electron chi connectivity index (χ0n) is 11.0. The largest absolute Gasteiger partial charge is 0.306 e. The van der Waals surface area contributed by atoms with Crippen molar-refractivity contribution in [3.8, 4) is 0 Å². The normalized spacial score (nSPS) is 18.8. The highest BCUT2D eigenvalue weighted by molar-refractivity contribution is 7.89. The summed E-state index contributed by atoms with van der Waals surface area (Å²) < 4.78 is 48.5. The van der Waals surface area contributed by atoms with Gasteiger partial charge in [0, 0.05) is 24.9 Å². The van der Waals surface area contributed by atoms with Gasteiger partial charge in [0.1, 0.15) is 5.69 Å². The summed E-state index contributed by atoms with van der Waals surface area (Å²) in [5.41, 5.74) is -1.19. The number of hydrogen-bond acceptors (Lipinski definition) is 5. The number of nitrogens with two attached hydrogens (primary N) is 1. The van der Waals surface area contributed by atoms with Crippen molar-refractivity contribution in [2.75, 3.05) is 17.2 Å². The van der Waals surface area contributed by atoms with Crippen molar-refractivity contribution in [1.29, 1.82) is 0 Å². The summed E-state index contributed by atoms with van der Waals surface area (Å²) in [5, 5.41) is 15.8. The molecule has 1 amide bonds. The third kappa shape index (κ3) is 3.36. The molecule has 0 radical (unpaired) electrons. The van der Waals surface area contributed by atoms with Crippen molar-refractivity contribution in [2.24, 2.45) is 11.1 Å². The molecule has 1 atom stereocenters. The maximum absolute atomic E-state index is 13.3. The van der Waals surface area contributed by atoms with Crippen LogP contribution in [0.4, 0.5) is 20.2 Å². The van der Waals surface area contributed by atoms with Crippen LogP contribution in [0, 0.1) is 27.7 Å². The van der Waals surface area contributed by atoms with Gasteiger partial charge in [-0.25, -0.2) is 22.3 Å². The van der Waals surface area contributed by atoms with Crippen LogP contribution in [0.2, 0.25) is 0 Å². The number of hydrogen-bond donors (Lipinski definition) is 1. The molecule has 0 bridgehead atoms. The first kappa shape index (κ1) is 16.2. The Morgan fingerprint density at radius 3 is 2.50 bits per heavy atom. The Kier molecular flexibility index (Phi) is 4.11. The van der Waals surface area contributed by atoms with Crippen LogP contribution in [0.15, 0.2) is 12.1 Å². The van der Waals surface area contributed by atoms with Crippen LogP contribution < -0.4 is 10.0 Å². The van der Waals surface area contributed by atoms with Crippen LogP contribution >= 0.6 is 0 Å². The van der Waals surface area contributed by atoms with Crippen LogP contribution in [-0.2, 0) is 14.8 Å². The van der Waals surface area contributed by atoms with Gasteiger partial charge in [0.25, 0.3) is 5.69 Å². The van der Waals surface area contributed by atoms with Crippen molar-refractivity contribution < 1.29 is 26.9 Å². The summed E-state index contributed by atoms with van der Waals surface area (Å²) in [6.07, 6.45) is -0.202. The number of nitro benzene ring substituents is 1. The molecule has 1 heterocycles. The van der Waals surface area contributed by atoms with Gasteiger partial charge in [0.05, 0.1) is 16.7 Å². The molecule has 8 nitrogen and oxygen atoms in total. The molecular weight excluding hydrogens is 324 g/mol. The molecule has 2 rings (SSSR count). The number of nitrogens with zero attached hydrogens (tertiary/aromatic N) is 2. The highest BCUT2D eigenvalue weighted by Gasteiger charge is 2.36. The first-order chi connectivity index (χ1) is 10.1. The smallest absolute Gasteiger partial charge is 0.296 e. The second-order valence-corrected chi connectivity index (χ2v) is 6.58. The number of primary sulfonamides is 1. The molecule has 0 aromatic heterocycles. The lowest BCUT2D eigenvalue weighted by Gasteiger charge is -2.16. The molecule has 1 aliphatic heterocycles. The van der Waals surface area contributed by atoms with E-state index >= 15 is 0 Å². The zero-order valence-corrected chi connectivity index (χ0v) is 11.8. The Bertz CT molecular complexity index is 752. The molecule has 1 saturated heterocycles. The fraction of sp³-hybridized carbons (Fsp3) is 0.364. The molecule has 1 fully saturated rings. The lowest BCUT2D eigenvalue weighted by Crippen LogP contribution is -2.28. The fourth-order valence-corrected chi connectivity index (χ4v) is 3.22. The first-order valence-corrected chi connectivity index (χ1v) is 7.74. The van der Waals surface area contributed by atoms with Gasteiger partial charge in [0.2, 0.25) is 15.9 Å². The maximum atomic E-state index is 13.3. The van der Waals surface area contributed by atoms with Gasteiger partial charge in [0.15, 0.2) is 11.6 Å². The number of benzene rings is 1. The topological polar surface area (TPSA) is 124 Å². The number of nitro groups is 1. The van der Waals surface area contributed by atoms with Crippen LogP contribution in [0.5, 0.6) is 0 Å². The molecule has 11 heteroatoms. The van der Waals surface area contributed by atoms with Gasteiger partial charge in [-0.3, -0.25) is 14.9 Å². The van der Waals surface area contributed by atoms with E-state index < -0.39 is 55.5 Å². The zero-order chi connectivity index (χ0) is 16.7. The van der Waals surface area contributed by atoms with Crippen LogP contribution in [0.3, 0.4) is 0 Å². The monoisotopic (exact) mass is 335 g/mol. The van der Waals surface area contributed by atoms with Gasteiger partial charge in [-0.2, -0.15) is 0 Å². The number of amides is 1. The Morgan fingerprint density at radius 1 is 1.36 bits per heavy atom. The van der Waals surface area contributed by atoms with Gasteiger partial charge in [-0.05, 0) is 0 Å². The molecule has 1 unspecified atom stereocenters. The Hall–Kier alpha value is -2.14. The average molecular weight is 335 g/mol. The number of halogens is 2. The van der Waals surface area contributed by atoms with E-state index in [4.69, 9.17) is 5.14 Å². The Balaban J connectivity index is 2.38. The molecule has 0 spiro atoms. The van der Waals surface area contributed by atoms with Crippen molar-refractivity contribution in [3.05, 3.63) is 33.9 Å². The fourth-order valence-electron chi connectivity index (χ4n) is 2.34. The van der Waals surface area contributed by atoms with Crippen molar-refractivity contribution >= 4 is 27.3 Å². The molecule has 1 aliphatic rings. The molecule has 0 aliphatic carbocycles. The molecule has 1 aromatic rings. The quantitative estimate of drug-likeness (QED) is 0.634. The minimum atomic E-state index is -3.82. The van der Waals surface area contributed by atoms with Gasteiger partial charge in [-0.15, -0.1) is 0 Å². The van der Waals surface area contributed by atoms with E-state index in [2.05, 4.69) is 0 Å². The summed E-state index contributed by atoms with van der Waals surface area (Å²) in [5.74, 6) is -4.53. The second kappa shape index (κ2) is 5.57. The summed E-state index contributed by atoms with van der Waals surface area (Å²) >= 11 is 0. The van der Waals surface area contributed by atoms with Gasteiger partial charge >= 0.3 is 0 Å². The minimum absolute atomic E-state index is 0.179. The molecule has 120 valence electrons. The molecule has 22 heavy (non-hydrogen) atoms. The van der Waals surface area contributed by atoms with Crippen LogP contribution in [-0.4, -0.2) is 31.5 Å². The average Bonchev–Trinajstić information content (AvgIpc) is 2.70. The van der Waals surface area contributed by atoms with E-state index in [1.807, 2.05) is 0 Å². The molecule has 1 aromatic carbocycles. The lowest BCUT2D eigenvalue weighted by molar-refractivity contribution is -0.384. The van der Waals surface area contributed by atoms with E-state index in [9.17, 15) is 32.1 Å². The number of carbonyl (C=O) groups is 1. The summed E-state index contributed by atoms with van der Waals surface area (Å²) in [6.45, 7) is -0.179. The van der Waals surface area contributed by atoms with E-state index in [0.717, 1.165) is 4.90 Å². The number of rotatable bonds is 4. The van der Waals surface area contributed by atoms with Crippen molar-refractivity contribution in [1.82, 2.24) is 0 Å². The third-order valence-electron chi connectivity index (χ3n) is 3.18. The van der Waals surface area contributed by atoms with Crippen LogP contribution in [0.25, 0.3) is 0 Å². The highest BCUT2D eigenvalue weighted by atomic mass is 32.2. The predicted molar refractivity (Wildman–Crippen MR) is 71.4 cm³/mol. The summed E-state index contributed by atoms with van der Waals surface area (Å²) in [4.78, 5) is 22.7. The third-order valence-corrected chi connectivity index (χ3v) is 4.11. The van der Waals surface area contributed by atoms with Crippen molar-refractivity contribution in [2.45, 2.75) is 6.42 Å². The Morgan fingerprint density at radius 2 is 1.95 bits per heavy atom. The van der Waals surface area contributed by atoms with Crippen LogP contribution in [0.1, 0.15) is 6.42 Å². The SMILES string of the molecule is NS(=O)(=O)CC1CC(=O)N(c2cc(F)c(F)cc2[N+](=O)[O-])C1. The minimum Gasteiger partial charge on any atom is -0.306 e. The number of sulfonamides is 1. The summed E-state index contributed by atoms with van der Waals surface area (Å²) in [6, 6.07) is 0.926. The molecule has 0 saturated carbocycles. The summed E-state index contributed by atoms with van der Waals surface area (Å²) in [7, 11) is -3.82. The Labute approximate surface area is 123 Å². The maximum Gasteiger partial charge on any atom is 0.296 e. The lowest BCUT2D eigenvalue weighted by atomic mass is 10.1. The highest BCUT2D eigenvalue weighted by Crippen LogP contribution is 2.34. The first-order valence-electron chi connectivity index (χ1n) is 6.02. The van der Waals surface area contributed by atoms with E-state index in [-0.39, 0.29) is 13.0 Å². The van der Waals surface area contributed by atoms with E-state index in [0.29, 0.717) is 12.1 Å². The number of anilines is 1. The predicted octanol–water partition coefficient (Wildman–Crippen LogP) is 0.514. The van der Waals surface area contributed by atoms with E-state index in [1.54, 1.807) is 0 Å². The van der Waals surface area contributed by atoms with Crippen molar-refractivity contribution in [3.63, 3.8) is 0 Å². The van der Waals surface area contributed by atoms with E-state index in [1.165, 1.54) is 0 Å². The van der Waals surface area contributed by atoms with Gasteiger partial charge < -0.3 is 4.90 Å². The second-order valence-electron chi connectivity index (χ2n) is 4.92. The molecule has 2 N–H and O–H groups in total. The van der Waals surface area contributed by atoms with Gasteiger partial charge in [-0.1, -0.05) is 0 Å².